The number of rotatable bonds is 6. The number of aromatic nitrogens is 1. The molecular formula is C16H14Cl2N2O4. The van der Waals surface area contributed by atoms with Crippen LogP contribution in [-0.2, 0) is 22.6 Å². The largest absolute Gasteiger partial charge is 0.478 e. The van der Waals surface area contributed by atoms with E-state index in [9.17, 15) is 9.59 Å². The van der Waals surface area contributed by atoms with Crippen molar-refractivity contribution in [1.29, 1.82) is 0 Å². The molecule has 0 unspecified atom stereocenters. The fourth-order valence-corrected chi connectivity index (χ4v) is 2.53. The van der Waals surface area contributed by atoms with E-state index in [0.717, 1.165) is 0 Å². The lowest BCUT2D eigenvalue weighted by molar-refractivity contribution is -0.146. The third kappa shape index (κ3) is 5.19. The van der Waals surface area contributed by atoms with Crippen LogP contribution >= 0.6 is 23.2 Å². The van der Waals surface area contributed by atoms with Gasteiger partial charge in [-0.15, -0.1) is 0 Å². The third-order valence-electron chi connectivity index (χ3n) is 3.14. The number of hydrogen-bond acceptors (Lipinski definition) is 5. The van der Waals surface area contributed by atoms with E-state index in [1.807, 2.05) is 0 Å². The van der Waals surface area contributed by atoms with Gasteiger partial charge in [0.05, 0.1) is 5.56 Å². The molecule has 0 aliphatic rings. The lowest BCUT2D eigenvalue weighted by Gasteiger charge is -2.12. The summed E-state index contributed by atoms with van der Waals surface area (Å²) in [7, 11) is 0. The van der Waals surface area contributed by atoms with Crippen LogP contribution in [0, 0.1) is 0 Å². The minimum atomic E-state index is -1.04. The molecule has 0 saturated carbocycles. The molecule has 0 aliphatic heterocycles. The molecule has 0 amide bonds. The van der Waals surface area contributed by atoms with Gasteiger partial charge in [0.1, 0.15) is 23.0 Å². The van der Waals surface area contributed by atoms with E-state index in [2.05, 4.69) is 4.98 Å². The molecule has 8 heteroatoms. The second-order valence-corrected chi connectivity index (χ2v) is 5.82. The minimum absolute atomic E-state index is 0.0380. The summed E-state index contributed by atoms with van der Waals surface area (Å²) in [6.07, 6.45) is 0.164. The van der Waals surface area contributed by atoms with Gasteiger partial charge in [-0.25, -0.2) is 9.78 Å². The Morgan fingerprint density at radius 2 is 1.83 bits per heavy atom. The summed E-state index contributed by atoms with van der Waals surface area (Å²) < 4.78 is 5.12. The highest BCUT2D eigenvalue weighted by molar-refractivity contribution is 6.32. The first-order valence-electron chi connectivity index (χ1n) is 6.91. The van der Waals surface area contributed by atoms with Crippen LogP contribution in [0.4, 0.5) is 0 Å². The van der Waals surface area contributed by atoms with Gasteiger partial charge in [0.15, 0.2) is 0 Å². The van der Waals surface area contributed by atoms with Gasteiger partial charge in [0.25, 0.3) is 0 Å². The van der Waals surface area contributed by atoms with Crippen LogP contribution in [0.2, 0.25) is 10.3 Å². The molecule has 1 atom stereocenters. The predicted molar refractivity (Wildman–Crippen MR) is 89.1 cm³/mol. The number of hydrogen-bond donors (Lipinski definition) is 2. The molecule has 3 N–H and O–H groups in total. The molecule has 2 aromatic rings. The number of benzene rings is 1. The lowest BCUT2D eigenvalue weighted by Crippen LogP contribution is -2.34. The molecule has 0 radical (unpaired) electrons. The zero-order valence-corrected chi connectivity index (χ0v) is 13.9. The molecule has 1 aromatic heterocycles. The zero-order chi connectivity index (χ0) is 17.7. The van der Waals surface area contributed by atoms with Gasteiger partial charge in [0, 0.05) is 0 Å². The van der Waals surface area contributed by atoms with Gasteiger partial charge in [-0.05, 0) is 41.8 Å². The first-order valence-corrected chi connectivity index (χ1v) is 7.67. The second-order valence-electron chi connectivity index (χ2n) is 5.04. The Kier molecular flexibility index (Phi) is 6.14. The molecule has 0 saturated heterocycles. The van der Waals surface area contributed by atoms with Crippen molar-refractivity contribution in [2.24, 2.45) is 5.73 Å². The van der Waals surface area contributed by atoms with Gasteiger partial charge in [-0.2, -0.15) is 0 Å². The van der Waals surface area contributed by atoms with Crippen molar-refractivity contribution in [2.45, 2.75) is 19.1 Å². The highest BCUT2D eigenvalue weighted by Crippen LogP contribution is 2.16. The number of carboxylic acids is 1. The smallest absolute Gasteiger partial charge is 0.335 e. The van der Waals surface area contributed by atoms with E-state index < -0.39 is 18.0 Å². The SMILES string of the molecule is N[C@@H](Cc1cccc(C(=O)O)c1)C(=O)OCc1cc(Cl)nc(Cl)c1. The van der Waals surface area contributed by atoms with Gasteiger partial charge < -0.3 is 15.6 Å². The summed E-state index contributed by atoms with van der Waals surface area (Å²) in [5.74, 6) is -1.65. The number of pyridine rings is 1. The van der Waals surface area contributed by atoms with Crippen molar-refractivity contribution < 1.29 is 19.4 Å². The summed E-state index contributed by atoms with van der Waals surface area (Å²) in [5, 5.41) is 9.35. The number of nitrogens with zero attached hydrogens (tertiary/aromatic N) is 1. The van der Waals surface area contributed by atoms with Crippen LogP contribution in [0.3, 0.4) is 0 Å². The molecule has 1 aromatic carbocycles. The molecule has 1 heterocycles. The average Bonchev–Trinajstić information content (AvgIpc) is 2.51. The number of aromatic carboxylic acids is 1. The monoisotopic (exact) mass is 368 g/mol. The van der Waals surface area contributed by atoms with Crippen molar-refractivity contribution in [3.8, 4) is 0 Å². The first-order chi connectivity index (χ1) is 11.3. The summed E-state index contributed by atoms with van der Waals surface area (Å²) in [5.41, 5.74) is 7.17. The quantitative estimate of drug-likeness (QED) is 0.600. The number of ether oxygens (including phenoxy) is 1. The van der Waals surface area contributed by atoms with E-state index in [0.29, 0.717) is 11.1 Å². The van der Waals surface area contributed by atoms with Crippen LogP contribution in [0.15, 0.2) is 36.4 Å². The number of carbonyl (C=O) groups is 2. The van der Waals surface area contributed by atoms with Gasteiger partial charge in [0.2, 0.25) is 0 Å². The summed E-state index contributed by atoms with van der Waals surface area (Å²) in [6, 6.07) is 8.37. The predicted octanol–water partition coefficient (Wildman–Crippen LogP) is 2.70. The lowest BCUT2D eigenvalue weighted by atomic mass is 10.0. The minimum Gasteiger partial charge on any atom is -0.478 e. The highest BCUT2D eigenvalue weighted by Gasteiger charge is 2.17. The maximum atomic E-state index is 12.0. The first kappa shape index (κ1) is 18.2. The standard InChI is InChI=1S/C16H14Cl2N2O4/c17-13-6-10(7-14(18)20-13)8-24-16(23)12(19)5-9-2-1-3-11(4-9)15(21)22/h1-4,6-7,12H,5,8,19H2,(H,21,22)/t12-/m0/s1. The fourth-order valence-electron chi connectivity index (χ4n) is 2.03. The molecule has 24 heavy (non-hydrogen) atoms. The van der Waals surface area contributed by atoms with Crippen LogP contribution in [0.5, 0.6) is 0 Å². The topological polar surface area (TPSA) is 103 Å². The molecule has 0 bridgehead atoms. The number of carbonyl (C=O) groups excluding carboxylic acids is 1. The van der Waals surface area contributed by atoms with E-state index in [1.54, 1.807) is 12.1 Å². The van der Waals surface area contributed by atoms with E-state index in [-0.39, 0.29) is 28.9 Å². The normalized spacial score (nSPS) is 11.8. The maximum absolute atomic E-state index is 12.0. The maximum Gasteiger partial charge on any atom is 0.335 e. The Morgan fingerprint density at radius 3 is 2.46 bits per heavy atom. The zero-order valence-electron chi connectivity index (χ0n) is 12.4. The molecule has 0 aliphatic carbocycles. The van der Waals surface area contributed by atoms with Gasteiger partial charge >= 0.3 is 11.9 Å². The average molecular weight is 369 g/mol. The van der Waals surface area contributed by atoms with E-state index in [1.165, 1.54) is 24.3 Å². The van der Waals surface area contributed by atoms with Crippen LogP contribution in [-0.4, -0.2) is 28.1 Å². The van der Waals surface area contributed by atoms with Gasteiger partial charge in [-0.1, -0.05) is 35.3 Å². The van der Waals surface area contributed by atoms with Crippen LogP contribution in [0.25, 0.3) is 0 Å². The van der Waals surface area contributed by atoms with Gasteiger partial charge in [-0.3, -0.25) is 4.79 Å². The second kappa shape index (κ2) is 8.10. The molecule has 2 rings (SSSR count). The van der Waals surface area contributed by atoms with Crippen molar-refractivity contribution in [1.82, 2.24) is 4.98 Å². The summed E-state index contributed by atoms with van der Waals surface area (Å²) >= 11 is 11.5. The summed E-state index contributed by atoms with van der Waals surface area (Å²) in [4.78, 5) is 26.7. The number of halogens is 2. The Morgan fingerprint density at radius 1 is 1.17 bits per heavy atom. The molecule has 126 valence electrons. The molecule has 6 nitrogen and oxygen atoms in total. The van der Waals surface area contributed by atoms with Crippen molar-refractivity contribution in [3.05, 3.63) is 63.4 Å². The highest BCUT2D eigenvalue weighted by atomic mass is 35.5. The van der Waals surface area contributed by atoms with Crippen molar-refractivity contribution in [2.75, 3.05) is 0 Å². The Hall–Kier alpha value is -2.15. The number of nitrogens with two attached hydrogens (primary N) is 1. The molecule has 0 spiro atoms. The molecule has 0 fully saturated rings. The molecular weight excluding hydrogens is 355 g/mol. The van der Waals surface area contributed by atoms with Crippen LogP contribution < -0.4 is 5.73 Å². The number of esters is 1. The van der Waals surface area contributed by atoms with E-state index >= 15 is 0 Å². The Labute approximate surface area is 148 Å². The third-order valence-corrected chi connectivity index (χ3v) is 3.52. The number of carboxylic acid groups (broad SMARTS) is 1. The summed E-state index contributed by atoms with van der Waals surface area (Å²) in [6.45, 7) is -0.0380. The van der Waals surface area contributed by atoms with Crippen molar-refractivity contribution >= 4 is 35.1 Å². The van der Waals surface area contributed by atoms with Crippen LogP contribution in [0.1, 0.15) is 21.5 Å². The van der Waals surface area contributed by atoms with E-state index in [4.69, 9.17) is 38.8 Å². The Bertz CT molecular complexity index is 747. The fraction of sp³-hybridized carbons (Fsp3) is 0.188. The van der Waals surface area contributed by atoms with Crippen molar-refractivity contribution in [3.63, 3.8) is 0 Å². The Balaban J connectivity index is 1.94.